The SMILES string of the molecule is O=C(O)CCNN1CCC(C(=O)N2CCN(c3ccncc3)CC2)CC1. The highest BCUT2D eigenvalue weighted by atomic mass is 16.4. The van der Waals surface area contributed by atoms with E-state index in [4.69, 9.17) is 5.11 Å². The number of carbonyl (C=O) groups excluding carboxylic acids is 1. The molecule has 0 unspecified atom stereocenters. The number of nitrogens with zero attached hydrogens (tertiary/aromatic N) is 4. The maximum Gasteiger partial charge on any atom is 0.304 e. The number of rotatable bonds is 6. The van der Waals surface area contributed by atoms with Crippen molar-refractivity contribution in [3.05, 3.63) is 24.5 Å². The second-order valence-electron chi connectivity index (χ2n) is 6.83. The van der Waals surface area contributed by atoms with Gasteiger partial charge in [0.25, 0.3) is 0 Å². The summed E-state index contributed by atoms with van der Waals surface area (Å²) in [6.07, 6.45) is 5.35. The van der Waals surface area contributed by atoms with Gasteiger partial charge in [0.15, 0.2) is 0 Å². The molecule has 26 heavy (non-hydrogen) atoms. The van der Waals surface area contributed by atoms with Crippen LogP contribution in [0, 0.1) is 5.92 Å². The molecule has 0 spiro atoms. The van der Waals surface area contributed by atoms with Gasteiger partial charge in [-0.15, -0.1) is 0 Å². The Kier molecular flexibility index (Phi) is 6.40. The number of pyridine rings is 1. The summed E-state index contributed by atoms with van der Waals surface area (Å²) in [5.41, 5.74) is 4.29. The standard InChI is InChI=1S/C18H27N5O3/c24-17(25)3-8-20-23-9-4-15(5-10-23)18(26)22-13-11-21(12-14-22)16-1-6-19-7-2-16/h1-2,6-7,15,20H,3-5,8-14H2,(H,24,25). The third kappa shape index (κ3) is 4.92. The number of hydrogen-bond donors (Lipinski definition) is 2. The number of aliphatic carboxylic acids is 1. The van der Waals surface area contributed by atoms with Gasteiger partial charge in [-0.05, 0) is 25.0 Å². The molecule has 1 aromatic rings. The predicted octanol–water partition coefficient (Wildman–Crippen LogP) is 0.422. The molecule has 2 saturated heterocycles. The van der Waals surface area contributed by atoms with Crippen LogP contribution >= 0.6 is 0 Å². The molecule has 0 saturated carbocycles. The van der Waals surface area contributed by atoms with Crippen molar-refractivity contribution in [2.75, 3.05) is 50.7 Å². The topological polar surface area (TPSA) is 89.0 Å². The molecule has 3 rings (SSSR count). The second kappa shape index (κ2) is 8.95. The molecular weight excluding hydrogens is 334 g/mol. The van der Waals surface area contributed by atoms with Crippen molar-refractivity contribution in [3.8, 4) is 0 Å². The van der Waals surface area contributed by atoms with Crippen molar-refractivity contribution in [2.45, 2.75) is 19.3 Å². The van der Waals surface area contributed by atoms with E-state index in [0.717, 1.165) is 57.8 Å². The van der Waals surface area contributed by atoms with E-state index in [1.807, 2.05) is 22.0 Å². The molecule has 142 valence electrons. The summed E-state index contributed by atoms with van der Waals surface area (Å²) in [4.78, 5) is 31.7. The molecule has 0 bridgehead atoms. The predicted molar refractivity (Wildman–Crippen MR) is 97.6 cm³/mol. The lowest BCUT2D eigenvalue weighted by molar-refractivity contribution is -0.137. The van der Waals surface area contributed by atoms with Crippen molar-refractivity contribution >= 4 is 17.6 Å². The van der Waals surface area contributed by atoms with E-state index in [2.05, 4.69) is 15.3 Å². The van der Waals surface area contributed by atoms with Crippen LogP contribution in [-0.4, -0.2) is 77.7 Å². The number of hydrogen-bond acceptors (Lipinski definition) is 6. The van der Waals surface area contributed by atoms with Gasteiger partial charge >= 0.3 is 5.97 Å². The summed E-state index contributed by atoms with van der Waals surface area (Å²) in [6.45, 7) is 5.23. The number of carbonyl (C=O) groups is 2. The molecule has 2 aliphatic heterocycles. The first-order valence-electron chi connectivity index (χ1n) is 9.27. The molecule has 3 heterocycles. The van der Waals surface area contributed by atoms with Crippen molar-refractivity contribution < 1.29 is 14.7 Å². The number of carboxylic acids is 1. The first-order valence-corrected chi connectivity index (χ1v) is 9.27. The zero-order chi connectivity index (χ0) is 18.4. The molecule has 8 heteroatoms. The number of anilines is 1. The molecule has 2 N–H and O–H groups in total. The van der Waals surface area contributed by atoms with Gasteiger partial charge in [-0.25, -0.2) is 5.01 Å². The normalized spacial score (nSPS) is 19.5. The van der Waals surface area contributed by atoms with Crippen LogP contribution in [0.1, 0.15) is 19.3 Å². The van der Waals surface area contributed by atoms with Crippen molar-refractivity contribution in [1.82, 2.24) is 20.3 Å². The maximum atomic E-state index is 12.8. The Bertz CT molecular complexity index is 596. The first-order chi connectivity index (χ1) is 12.6. The molecule has 2 aliphatic rings. The number of nitrogens with one attached hydrogen (secondary N) is 1. The quantitative estimate of drug-likeness (QED) is 0.759. The number of amides is 1. The molecule has 0 radical (unpaired) electrons. The Labute approximate surface area is 153 Å². The summed E-state index contributed by atoms with van der Waals surface area (Å²) in [7, 11) is 0. The van der Waals surface area contributed by atoms with E-state index in [0.29, 0.717) is 6.54 Å². The average molecular weight is 361 g/mol. The molecule has 8 nitrogen and oxygen atoms in total. The van der Waals surface area contributed by atoms with Gasteiger partial charge in [-0.1, -0.05) is 0 Å². The number of aromatic nitrogens is 1. The van der Waals surface area contributed by atoms with Crippen LogP contribution in [-0.2, 0) is 9.59 Å². The van der Waals surface area contributed by atoms with Gasteiger partial charge in [0.2, 0.25) is 5.91 Å². The Morgan fingerprint density at radius 1 is 1.08 bits per heavy atom. The lowest BCUT2D eigenvalue weighted by atomic mass is 9.96. The lowest BCUT2D eigenvalue weighted by Crippen LogP contribution is -2.52. The van der Waals surface area contributed by atoms with Crippen LogP contribution in [0.25, 0.3) is 0 Å². The van der Waals surface area contributed by atoms with Gasteiger partial charge in [0, 0.05) is 69.8 Å². The fraction of sp³-hybridized carbons (Fsp3) is 0.611. The highest BCUT2D eigenvalue weighted by Crippen LogP contribution is 2.21. The number of piperazine rings is 1. The van der Waals surface area contributed by atoms with Gasteiger partial charge < -0.3 is 14.9 Å². The molecule has 2 fully saturated rings. The van der Waals surface area contributed by atoms with Crippen LogP contribution in [0.15, 0.2) is 24.5 Å². The van der Waals surface area contributed by atoms with E-state index in [9.17, 15) is 9.59 Å². The van der Waals surface area contributed by atoms with Crippen LogP contribution in [0.5, 0.6) is 0 Å². The molecule has 1 aromatic heterocycles. The molecule has 0 aliphatic carbocycles. The second-order valence-corrected chi connectivity index (χ2v) is 6.83. The summed E-state index contributed by atoms with van der Waals surface area (Å²) < 4.78 is 0. The summed E-state index contributed by atoms with van der Waals surface area (Å²) in [5, 5.41) is 10.7. The van der Waals surface area contributed by atoms with E-state index in [1.165, 1.54) is 0 Å². The fourth-order valence-electron chi connectivity index (χ4n) is 3.60. The van der Waals surface area contributed by atoms with Crippen LogP contribution in [0.4, 0.5) is 5.69 Å². The largest absolute Gasteiger partial charge is 0.481 e. The fourth-order valence-corrected chi connectivity index (χ4v) is 3.60. The van der Waals surface area contributed by atoms with E-state index < -0.39 is 5.97 Å². The van der Waals surface area contributed by atoms with Crippen LogP contribution in [0.2, 0.25) is 0 Å². The summed E-state index contributed by atoms with van der Waals surface area (Å²) in [6, 6.07) is 4.01. The molecule has 0 atom stereocenters. The van der Waals surface area contributed by atoms with Crippen LogP contribution in [0.3, 0.4) is 0 Å². The summed E-state index contributed by atoms with van der Waals surface area (Å²) >= 11 is 0. The Morgan fingerprint density at radius 2 is 1.73 bits per heavy atom. The minimum absolute atomic E-state index is 0.0833. The minimum atomic E-state index is -0.798. The Balaban J connectivity index is 1.40. The van der Waals surface area contributed by atoms with Gasteiger partial charge in [0.05, 0.1) is 6.42 Å². The van der Waals surface area contributed by atoms with Gasteiger partial charge in [0.1, 0.15) is 0 Å². The smallest absolute Gasteiger partial charge is 0.304 e. The zero-order valence-electron chi connectivity index (χ0n) is 15.0. The molecule has 1 amide bonds. The van der Waals surface area contributed by atoms with Crippen molar-refractivity contribution in [3.63, 3.8) is 0 Å². The molecule has 0 aromatic carbocycles. The van der Waals surface area contributed by atoms with E-state index in [1.54, 1.807) is 12.4 Å². The van der Waals surface area contributed by atoms with E-state index in [-0.39, 0.29) is 18.2 Å². The highest BCUT2D eigenvalue weighted by molar-refractivity contribution is 5.79. The number of carboxylic acid groups (broad SMARTS) is 1. The van der Waals surface area contributed by atoms with Crippen LogP contribution < -0.4 is 10.3 Å². The molecular formula is C18H27N5O3. The van der Waals surface area contributed by atoms with E-state index >= 15 is 0 Å². The number of hydrazine groups is 1. The Hall–Kier alpha value is -2.19. The highest BCUT2D eigenvalue weighted by Gasteiger charge is 2.30. The maximum absolute atomic E-state index is 12.8. The van der Waals surface area contributed by atoms with Gasteiger partial charge in [-0.3, -0.25) is 20.0 Å². The first kappa shape index (κ1) is 18.6. The summed E-state index contributed by atoms with van der Waals surface area (Å²) in [5.74, 6) is -0.446. The monoisotopic (exact) mass is 361 g/mol. The average Bonchev–Trinajstić information content (AvgIpc) is 2.68. The third-order valence-corrected chi connectivity index (χ3v) is 5.14. The number of piperidine rings is 1. The zero-order valence-corrected chi connectivity index (χ0v) is 15.0. The van der Waals surface area contributed by atoms with Crippen molar-refractivity contribution in [2.24, 2.45) is 5.92 Å². The Morgan fingerprint density at radius 3 is 2.35 bits per heavy atom. The van der Waals surface area contributed by atoms with Crippen molar-refractivity contribution in [1.29, 1.82) is 0 Å². The van der Waals surface area contributed by atoms with Gasteiger partial charge in [-0.2, -0.15) is 0 Å². The minimum Gasteiger partial charge on any atom is -0.481 e. The third-order valence-electron chi connectivity index (χ3n) is 5.14. The lowest BCUT2D eigenvalue weighted by Gasteiger charge is -2.39.